The molecule has 0 bridgehead atoms. The molecular formula is C25H26O9. The van der Waals surface area contributed by atoms with Crippen LogP contribution in [0.15, 0.2) is 43.0 Å². The van der Waals surface area contributed by atoms with Gasteiger partial charge < -0.3 is 38.3 Å². The summed E-state index contributed by atoms with van der Waals surface area (Å²) in [6.07, 6.45) is -0.520. The van der Waals surface area contributed by atoms with E-state index in [9.17, 15) is 9.90 Å². The number of benzene rings is 2. The van der Waals surface area contributed by atoms with Crippen LogP contribution < -0.4 is 23.7 Å². The molecule has 3 aliphatic heterocycles. The predicted molar refractivity (Wildman–Crippen MR) is 118 cm³/mol. The third-order valence-corrected chi connectivity index (χ3v) is 6.34. The number of rotatable bonds is 7. The Morgan fingerprint density at radius 3 is 2.65 bits per heavy atom. The van der Waals surface area contributed by atoms with E-state index in [0.717, 1.165) is 5.56 Å². The number of carbonyl (C=O) groups is 1. The lowest BCUT2D eigenvalue weighted by molar-refractivity contribution is -0.144. The largest absolute Gasteiger partial charge is 0.496 e. The van der Waals surface area contributed by atoms with Crippen LogP contribution in [0.25, 0.3) is 0 Å². The van der Waals surface area contributed by atoms with Crippen molar-refractivity contribution in [2.45, 2.75) is 18.3 Å². The van der Waals surface area contributed by atoms with E-state index in [0.29, 0.717) is 34.3 Å². The monoisotopic (exact) mass is 470 g/mol. The van der Waals surface area contributed by atoms with Crippen molar-refractivity contribution >= 4 is 5.97 Å². The summed E-state index contributed by atoms with van der Waals surface area (Å²) in [5, 5.41) is 11.1. The number of methoxy groups -OCH3 is 2. The van der Waals surface area contributed by atoms with Crippen molar-refractivity contribution in [3.05, 3.63) is 54.1 Å². The number of hydrogen-bond donors (Lipinski definition) is 1. The molecule has 0 aromatic heterocycles. The van der Waals surface area contributed by atoms with Crippen molar-refractivity contribution in [3.63, 3.8) is 0 Å². The number of esters is 1. The zero-order valence-corrected chi connectivity index (χ0v) is 18.9. The van der Waals surface area contributed by atoms with Crippen LogP contribution in [0, 0.1) is 11.8 Å². The molecule has 1 N–H and O–H groups in total. The first-order chi connectivity index (χ1) is 16.5. The van der Waals surface area contributed by atoms with Crippen LogP contribution in [-0.2, 0) is 14.3 Å². The van der Waals surface area contributed by atoms with Crippen LogP contribution in [-0.4, -0.2) is 51.4 Å². The molecule has 5 rings (SSSR count). The summed E-state index contributed by atoms with van der Waals surface area (Å²) >= 11 is 0. The smallest absolute Gasteiger partial charge is 0.312 e. The molecule has 3 aliphatic rings. The van der Waals surface area contributed by atoms with Crippen LogP contribution in [0.4, 0.5) is 0 Å². The van der Waals surface area contributed by atoms with Crippen molar-refractivity contribution in [1.82, 2.24) is 0 Å². The topological polar surface area (TPSA) is 102 Å². The molecule has 3 heterocycles. The number of cyclic esters (lactones) is 1. The van der Waals surface area contributed by atoms with Gasteiger partial charge in [-0.25, -0.2) is 0 Å². The summed E-state index contributed by atoms with van der Waals surface area (Å²) in [6, 6.07) is 8.88. The quantitative estimate of drug-likeness (QED) is 0.483. The number of carbonyl (C=O) groups excluding carboxylic acids is 1. The fourth-order valence-corrected chi connectivity index (χ4v) is 4.57. The van der Waals surface area contributed by atoms with Gasteiger partial charge in [0.2, 0.25) is 6.79 Å². The molecule has 1 saturated heterocycles. The minimum atomic E-state index is -1.17. The molecule has 2 aromatic rings. The lowest BCUT2D eigenvalue weighted by Gasteiger charge is -2.35. The standard InChI is InChI=1S/C25H26O9/c1-4-13-10-30-25(27)22(13)23(26)15-8-19-20(9-17(15)29-3)34-24(21(33-19)11-28-2)14-5-6-16-18(7-14)32-12-31-16/h4-9,13,21-24,26H,1,10-12H2,2-3H3/t13-,21-,22-,23-,24-/m1/s1. The number of hydrogen-bond acceptors (Lipinski definition) is 9. The Bertz CT molecular complexity index is 1100. The van der Waals surface area contributed by atoms with Gasteiger partial charge in [0.25, 0.3) is 0 Å². The third-order valence-electron chi connectivity index (χ3n) is 6.34. The summed E-state index contributed by atoms with van der Waals surface area (Å²) in [5.74, 6) is 0.961. The third kappa shape index (κ3) is 3.80. The van der Waals surface area contributed by atoms with E-state index >= 15 is 0 Å². The molecule has 0 unspecified atom stereocenters. The molecule has 34 heavy (non-hydrogen) atoms. The molecule has 1 fully saturated rings. The number of fused-ring (bicyclic) bond motifs is 2. The molecular weight excluding hydrogens is 444 g/mol. The Morgan fingerprint density at radius 2 is 1.88 bits per heavy atom. The first-order valence-corrected chi connectivity index (χ1v) is 10.9. The Kier molecular flexibility index (Phi) is 5.97. The first kappa shape index (κ1) is 22.4. The van der Waals surface area contributed by atoms with E-state index in [1.54, 1.807) is 25.3 Å². The Morgan fingerprint density at radius 1 is 1.09 bits per heavy atom. The average Bonchev–Trinajstić information content (AvgIpc) is 3.48. The molecule has 0 saturated carbocycles. The minimum absolute atomic E-state index is 0.175. The molecule has 5 atom stereocenters. The Balaban J connectivity index is 1.49. The highest BCUT2D eigenvalue weighted by Crippen LogP contribution is 2.47. The molecule has 180 valence electrons. The lowest BCUT2D eigenvalue weighted by atomic mass is 9.86. The van der Waals surface area contributed by atoms with Crippen molar-refractivity contribution in [2.75, 3.05) is 34.2 Å². The zero-order chi connectivity index (χ0) is 23.8. The van der Waals surface area contributed by atoms with Gasteiger partial charge in [0.1, 0.15) is 5.75 Å². The lowest BCUT2D eigenvalue weighted by Crippen LogP contribution is -2.36. The average molecular weight is 470 g/mol. The van der Waals surface area contributed by atoms with Crippen LogP contribution >= 0.6 is 0 Å². The second-order valence-corrected chi connectivity index (χ2v) is 8.30. The van der Waals surface area contributed by atoms with Gasteiger partial charge in [-0.15, -0.1) is 6.58 Å². The van der Waals surface area contributed by atoms with Gasteiger partial charge in [0.05, 0.1) is 32.3 Å². The van der Waals surface area contributed by atoms with Gasteiger partial charge in [-0.1, -0.05) is 12.1 Å². The fourth-order valence-electron chi connectivity index (χ4n) is 4.57. The van der Waals surface area contributed by atoms with Gasteiger partial charge in [0.15, 0.2) is 35.2 Å². The Hall–Kier alpha value is -3.43. The van der Waals surface area contributed by atoms with Crippen molar-refractivity contribution in [2.24, 2.45) is 11.8 Å². The van der Waals surface area contributed by atoms with Gasteiger partial charge in [0, 0.05) is 30.2 Å². The zero-order valence-electron chi connectivity index (χ0n) is 18.9. The molecule has 0 aliphatic carbocycles. The molecule has 9 nitrogen and oxygen atoms in total. The molecule has 0 radical (unpaired) electrons. The summed E-state index contributed by atoms with van der Waals surface area (Å²) in [4.78, 5) is 12.3. The molecule has 9 heteroatoms. The van der Waals surface area contributed by atoms with E-state index in [1.807, 2.05) is 18.2 Å². The number of aliphatic hydroxyl groups excluding tert-OH is 1. The minimum Gasteiger partial charge on any atom is -0.496 e. The summed E-state index contributed by atoms with van der Waals surface area (Å²) < 4.78 is 39.6. The normalized spacial score (nSPS) is 25.6. The second kappa shape index (κ2) is 9.08. The Labute approximate surface area is 196 Å². The first-order valence-electron chi connectivity index (χ1n) is 10.9. The van der Waals surface area contributed by atoms with Crippen LogP contribution in [0.2, 0.25) is 0 Å². The maximum atomic E-state index is 12.3. The number of ether oxygens (including phenoxy) is 7. The van der Waals surface area contributed by atoms with Gasteiger partial charge in [-0.3, -0.25) is 4.79 Å². The SMILES string of the molecule is C=C[C@@H]1COC(=O)[C@H]1[C@H](O)c1cc2c(cc1OC)O[C@H](c1ccc3c(c1)OCO3)[C@@H](COC)O2. The van der Waals surface area contributed by atoms with E-state index in [-0.39, 0.29) is 25.9 Å². The maximum Gasteiger partial charge on any atom is 0.312 e. The fraction of sp³-hybridized carbons (Fsp3) is 0.400. The van der Waals surface area contributed by atoms with Gasteiger partial charge >= 0.3 is 5.97 Å². The number of aliphatic hydroxyl groups is 1. The van der Waals surface area contributed by atoms with Gasteiger partial charge in [-0.05, 0) is 18.2 Å². The van der Waals surface area contributed by atoms with Crippen molar-refractivity contribution in [1.29, 1.82) is 0 Å². The van der Waals surface area contributed by atoms with E-state index in [1.165, 1.54) is 7.11 Å². The van der Waals surface area contributed by atoms with E-state index in [4.69, 9.17) is 33.2 Å². The summed E-state index contributed by atoms with van der Waals surface area (Å²) in [7, 11) is 3.07. The van der Waals surface area contributed by atoms with Gasteiger partial charge in [-0.2, -0.15) is 0 Å². The van der Waals surface area contributed by atoms with E-state index in [2.05, 4.69) is 6.58 Å². The molecule has 0 amide bonds. The van der Waals surface area contributed by atoms with Crippen molar-refractivity contribution < 1.29 is 43.1 Å². The summed E-state index contributed by atoms with van der Waals surface area (Å²) in [5.41, 5.74) is 1.24. The van der Waals surface area contributed by atoms with E-state index < -0.39 is 30.2 Å². The van der Waals surface area contributed by atoms with Crippen LogP contribution in [0.5, 0.6) is 28.7 Å². The highest BCUT2D eigenvalue weighted by molar-refractivity contribution is 5.76. The van der Waals surface area contributed by atoms with Crippen molar-refractivity contribution in [3.8, 4) is 28.7 Å². The summed E-state index contributed by atoms with van der Waals surface area (Å²) in [6.45, 7) is 4.38. The maximum absolute atomic E-state index is 12.3. The van der Waals surface area contributed by atoms with Crippen LogP contribution in [0.1, 0.15) is 23.3 Å². The highest BCUT2D eigenvalue weighted by atomic mass is 16.7. The highest BCUT2D eigenvalue weighted by Gasteiger charge is 2.43. The molecule has 2 aromatic carbocycles. The molecule has 0 spiro atoms. The predicted octanol–water partition coefficient (Wildman–Crippen LogP) is 2.96. The second-order valence-electron chi connectivity index (χ2n) is 8.30. The van der Waals surface area contributed by atoms with Crippen LogP contribution in [0.3, 0.4) is 0 Å².